The van der Waals surface area contributed by atoms with Crippen molar-refractivity contribution in [1.29, 1.82) is 0 Å². The van der Waals surface area contributed by atoms with Crippen LogP contribution in [-0.2, 0) is 4.79 Å². The number of fused-ring (bicyclic) bond motifs is 1. The first-order chi connectivity index (χ1) is 11.6. The van der Waals surface area contributed by atoms with Gasteiger partial charge in [-0.05, 0) is 60.6 Å². The van der Waals surface area contributed by atoms with E-state index in [4.69, 9.17) is 0 Å². The van der Waals surface area contributed by atoms with E-state index in [1.807, 2.05) is 55.4 Å². The molecule has 1 aliphatic rings. The van der Waals surface area contributed by atoms with Crippen molar-refractivity contribution in [3.8, 4) is 0 Å². The molecule has 2 aromatic rings. The largest absolute Gasteiger partial charge is 0.351 e. The number of nitrogens with one attached hydrogen (secondary N) is 1. The van der Waals surface area contributed by atoms with Crippen LogP contribution < -0.4 is 5.32 Å². The third-order valence-corrected chi connectivity index (χ3v) is 3.95. The lowest BCUT2D eigenvalue weighted by molar-refractivity contribution is -0.115. The third-order valence-electron chi connectivity index (χ3n) is 3.95. The van der Waals surface area contributed by atoms with Crippen LogP contribution >= 0.6 is 0 Å². The van der Waals surface area contributed by atoms with E-state index in [2.05, 4.69) is 22.4 Å². The average molecular weight is 319 g/mol. The standard InChI is InChI=1S/C20H21N3O/c1-23(2)12-11-22-20(24)19-14-16(13-15-7-9-21-10-8-15)17-5-3-4-6-18(17)19/h3-10,13-14H,11-12H2,1-2H3,(H,22,24)/b16-13-. The molecule has 1 N–H and O–H groups in total. The fourth-order valence-electron chi connectivity index (χ4n) is 2.72. The number of nitrogens with zero attached hydrogens (tertiary/aromatic N) is 2. The minimum atomic E-state index is -0.0255. The summed E-state index contributed by atoms with van der Waals surface area (Å²) in [5, 5.41) is 3.00. The molecule has 0 saturated heterocycles. The van der Waals surface area contributed by atoms with Crippen molar-refractivity contribution < 1.29 is 4.79 Å². The second kappa shape index (κ2) is 7.23. The maximum absolute atomic E-state index is 12.6. The van der Waals surface area contributed by atoms with Crippen LogP contribution in [0.25, 0.3) is 17.2 Å². The average Bonchev–Trinajstić information content (AvgIpc) is 2.94. The lowest BCUT2D eigenvalue weighted by Crippen LogP contribution is -2.31. The molecule has 0 unspecified atom stereocenters. The van der Waals surface area contributed by atoms with Gasteiger partial charge < -0.3 is 10.2 Å². The maximum Gasteiger partial charge on any atom is 0.251 e. The monoisotopic (exact) mass is 319 g/mol. The van der Waals surface area contributed by atoms with E-state index < -0.39 is 0 Å². The Bertz CT molecular complexity index is 792. The second-order valence-electron chi connectivity index (χ2n) is 6.04. The van der Waals surface area contributed by atoms with Crippen molar-refractivity contribution in [3.05, 3.63) is 71.6 Å². The molecule has 0 radical (unpaired) electrons. The molecule has 1 heterocycles. The van der Waals surface area contributed by atoms with Gasteiger partial charge in [-0.15, -0.1) is 0 Å². The van der Waals surface area contributed by atoms with E-state index >= 15 is 0 Å². The SMILES string of the molecule is CN(C)CCNC(=O)C1=C/C(=C/c2ccncc2)c2ccccc21. The summed E-state index contributed by atoms with van der Waals surface area (Å²) in [6.45, 7) is 1.45. The van der Waals surface area contributed by atoms with E-state index in [9.17, 15) is 4.79 Å². The molecule has 1 aromatic heterocycles. The first kappa shape index (κ1) is 16.1. The van der Waals surface area contributed by atoms with Crippen LogP contribution in [0.2, 0.25) is 0 Å². The molecule has 4 nitrogen and oxygen atoms in total. The molecular formula is C20H21N3O. The summed E-state index contributed by atoms with van der Waals surface area (Å²) in [6, 6.07) is 11.9. The first-order valence-electron chi connectivity index (χ1n) is 8.01. The molecule has 122 valence electrons. The molecule has 4 heteroatoms. The number of likely N-dealkylation sites (N-methyl/N-ethyl adjacent to an activating group) is 1. The smallest absolute Gasteiger partial charge is 0.251 e. The molecule has 1 aromatic carbocycles. The van der Waals surface area contributed by atoms with Gasteiger partial charge in [0.15, 0.2) is 0 Å². The quantitative estimate of drug-likeness (QED) is 0.921. The Kier molecular flexibility index (Phi) is 4.87. The van der Waals surface area contributed by atoms with Gasteiger partial charge in [0.2, 0.25) is 0 Å². The predicted molar refractivity (Wildman–Crippen MR) is 98.1 cm³/mol. The van der Waals surface area contributed by atoms with Gasteiger partial charge in [-0.2, -0.15) is 0 Å². The van der Waals surface area contributed by atoms with Crippen LogP contribution in [-0.4, -0.2) is 43.0 Å². The summed E-state index contributed by atoms with van der Waals surface area (Å²) in [6.07, 6.45) is 7.59. The molecule has 0 saturated carbocycles. The fourth-order valence-corrected chi connectivity index (χ4v) is 2.72. The topological polar surface area (TPSA) is 45.2 Å². The summed E-state index contributed by atoms with van der Waals surface area (Å²) in [5.41, 5.74) is 4.92. The zero-order chi connectivity index (χ0) is 16.9. The van der Waals surface area contributed by atoms with Crippen LogP contribution in [0.4, 0.5) is 0 Å². The van der Waals surface area contributed by atoms with Crippen LogP contribution in [0.15, 0.2) is 54.9 Å². The zero-order valence-corrected chi connectivity index (χ0v) is 14.0. The van der Waals surface area contributed by atoms with E-state index in [-0.39, 0.29) is 5.91 Å². The van der Waals surface area contributed by atoms with Crippen molar-refractivity contribution in [3.63, 3.8) is 0 Å². The van der Waals surface area contributed by atoms with Gasteiger partial charge in [-0.25, -0.2) is 0 Å². The fraction of sp³-hybridized carbons (Fsp3) is 0.200. The van der Waals surface area contributed by atoms with Gasteiger partial charge in [-0.1, -0.05) is 24.3 Å². The van der Waals surface area contributed by atoms with Crippen molar-refractivity contribution in [2.24, 2.45) is 0 Å². The number of amides is 1. The van der Waals surface area contributed by atoms with E-state index in [0.717, 1.165) is 34.4 Å². The highest BCUT2D eigenvalue weighted by Gasteiger charge is 2.22. The van der Waals surface area contributed by atoms with Crippen LogP contribution in [0.5, 0.6) is 0 Å². The highest BCUT2D eigenvalue weighted by molar-refractivity contribution is 6.26. The Hall–Kier alpha value is -2.72. The molecule has 0 spiro atoms. The van der Waals surface area contributed by atoms with Gasteiger partial charge in [0.05, 0.1) is 0 Å². The number of pyridine rings is 1. The van der Waals surface area contributed by atoms with Gasteiger partial charge in [0.25, 0.3) is 5.91 Å². The number of carbonyl (C=O) groups is 1. The molecule has 0 fully saturated rings. The van der Waals surface area contributed by atoms with Crippen molar-refractivity contribution in [2.75, 3.05) is 27.2 Å². The van der Waals surface area contributed by atoms with E-state index in [0.29, 0.717) is 6.54 Å². The zero-order valence-electron chi connectivity index (χ0n) is 14.0. The Labute approximate surface area is 142 Å². The normalized spacial score (nSPS) is 14.6. The minimum absolute atomic E-state index is 0.0255. The lowest BCUT2D eigenvalue weighted by Gasteiger charge is -2.11. The predicted octanol–water partition coefficient (Wildman–Crippen LogP) is 2.70. The molecule has 0 aliphatic heterocycles. The van der Waals surface area contributed by atoms with Crippen molar-refractivity contribution in [1.82, 2.24) is 15.2 Å². The first-order valence-corrected chi connectivity index (χ1v) is 8.01. The van der Waals surface area contributed by atoms with Crippen LogP contribution in [0, 0.1) is 0 Å². The number of hydrogen-bond acceptors (Lipinski definition) is 3. The maximum atomic E-state index is 12.6. The van der Waals surface area contributed by atoms with E-state index in [1.165, 1.54) is 0 Å². The van der Waals surface area contributed by atoms with Gasteiger partial charge >= 0.3 is 0 Å². The molecule has 1 amide bonds. The summed E-state index contributed by atoms with van der Waals surface area (Å²) in [7, 11) is 3.98. The number of rotatable bonds is 5. The van der Waals surface area contributed by atoms with Crippen LogP contribution in [0.1, 0.15) is 16.7 Å². The van der Waals surface area contributed by atoms with Crippen molar-refractivity contribution in [2.45, 2.75) is 0 Å². The van der Waals surface area contributed by atoms with Crippen molar-refractivity contribution >= 4 is 23.1 Å². The van der Waals surface area contributed by atoms with Gasteiger partial charge in [-0.3, -0.25) is 9.78 Å². The molecule has 24 heavy (non-hydrogen) atoms. The lowest BCUT2D eigenvalue weighted by atomic mass is 10.0. The second-order valence-corrected chi connectivity index (χ2v) is 6.04. The Morgan fingerprint density at radius 2 is 1.83 bits per heavy atom. The number of benzene rings is 1. The minimum Gasteiger partial charge on any atom is -0.351 e. The highest BCUT2D eigenvalue weighted by atomic mass is 16.1. The Morgan fingerprint density at radius 1 is 1.12 bits per heavy atom. The summed E-state index contributed by atoms with van der Waals surface area (Å²) in [4.78, 5) is 18.6. The summed E-state index contributed by atoms with van der Waals surface area (Å²) < 4.78 is 0. The number of allylic oxidation sites excluding steroid dienone is 2. The van der Waals surface area contributed by atoms with E-state index in [1.54, 1.807) is 12.4 Å². The van der Waals surface area contributed by atoms with Gasteiger partial charge in [0.1, 0.15) is 0 Å². The highest BCUT2D eigenvalue weighted by Crippen LogP contribution is 2.36. The third kappa shape index (κ3) is 3.60. The Morgan fingerprint density at radius 3 is 2.54 bits per heavy atom. The number of hydrogen-bond donors (Lipinski definition) is 1. The number of carbonyl (C=O) groups excluding carboxylic acids is 1. The Balaban J connectivity index is 1.88. The summed E-state index contributed by atoms with van der Waals surface area (Å²) >= 11 is 0. The van der Waals surface area contributed by atoms with Crippen LogP contribution in [0.3, 0.4) is 0 Å². The molecule has 0 atom stereocenters. The molecule has 0 bridgehead atoms. The van der Waals surface area contributed by atoms with Gasteiger partial charge in [0, 0.05) is 31.1 Å². The molecule has 1 aliphatic carbocycles. The summed E-state index contributed by atoms with van der Waals surface area (Å²) in [5.74, 6) is -0.0255. The number of aromatic nitrogens is 1. The molecular weight excluding hydrogens is 298 g/mol. The molecule has 3 rings (SSSR count).